The molecule has 0 saturated heterocycles. The highest BCUT2D eigenvalue weighted by Gasteiger charge is 2.16. The minimum absolute atomic E-state index is 0.0281. The van der Waals surface area contributed by atoms with E-state index in [0.29, 0.717) is 21.9 Å². The quantitative estimate of drug-likeness (QED) is 0.662. The van der Waals surface area contributed by atoms with Crippen molar-refractivity contribution in [1.82, 2.24) is 15.0 Å². The van der Waals surface area contributed by atoms with Gasteiger partial charge in [0, 0.05) is 27.2 Å². The fraction of sp³-hybridized carbons (Fsp3) is 0.250. The van der Waals surface area contributed by atoms with Crippen molar-refractivity contribution in [2.45, 2.75) is 10.1 Å². The zero-order valence-corrected chi connectivity index (χ0v) is 12.6. The van der Waals surface area contributed by atoms with Crippen LogP contribution in [0.15, 0.2) is 34.3 Å². The van der Waals surface area contributed by atoms with Gasteiger partial charge in [-0.2, -0.15) is 15.0 Å². The van der Waals surface area contributed by atoms with Crippen molar-refractivity contribution in [3.05, 3.63) is 34.4 Å². The fourth-order valence-electron chi connectivity index (χ4n) is 1.50. The van der Waals surface area contributed by atoms with Crippen molar-refractivity contribution in [3.8, 4) is 0 Å². The van der Waals surface area contributed by atoms with Crippen LogP contribution >= 0.6 is 11.8 Å². The van der Waals surface area contributed by atoms with Crippen LogP contribution in [0.2, 0.25) is 0 Å². The SMILES string of the molecule is CNc1nc(Sc2ccccc2[N+](=O)[O-])nc(N(C)C)n1. The van der Waals surface area contributed by atoms with Crippen LogP contribution in [0.5, 0.6) is 0 Å². The summed E-state index contributed by atoms with van der Waals surface area (Å²) < 4.78 is 0. The first-order chi connectivity index (χ1) is 10.0. The molecule has 2 rings (SSSR count). The number of rotatable bonds is 5. The van der Waals surface area contributed by atoms with E-state index in [0.717, 1.165) is 11.8 Å². The van der Waals surface area contributed by atoms with Crippen molar-refractivity contribution in [2.24, 2.45) is 0 Å². The Balaban J connectivity index is 2.40. The van der Waals surface area contributed by atoms with Gasteiger partial charge >= 0.3 is 0 Å². The first-order valence-electron chi connectivity index (χ1n) is 6.03. The average molecular weight is 306 g/mol. The highest BCUT2D eigenvalue weighted by atomic mass is 32.2. The van der Waals surface area contributed by atoms with Gasteiger partial charge in [0.1, 0.15) is 0 Å². The van der Waals surface area contributed by atoms with Crippen LogP contribution in [0.25, 0.3) is 0 Å². The molecule has 0 atom stereocenters. The summed E-state index contributed by atoms with van der Waals surface area (Å²) in [5.74, 6) is 0.894. The molecule has 0 amide bonds. The lowest BCUT2D eigenvalue weighted by Gasteiger charge is -2.12. The van der Waals surface area contributed by atoms with E-state index in [4.69, 9.17) is 0 Å². The van der Waals surface area contributed by atoms with Crippen LogP contribution in [0.1, 0.15) is 0 Å². The van der Waals surface area contributed by atoms with Crippen LogP contribution in [-0.4, -0.2) is 41.0 Å². The van der Waals surface area contributed by atoms with Gasteiger partial charge in [0.2, 0.25) is 11.9 Å². The molecular formula is C12H14N6O2S. The molecule has 110 valence electrons. The van der Waals surface area contributed by atoms with Gasteiger partial charge in [0.15, 0.2) is 5.16 Å². The molecular weight excluding hydrogens is 292 g/mol. The number of nitro groups is 1. The fourth-order valence-corrected chi connectivity index (χ4v) is 2.35. The number of nitro benzene ring substituents is 1. The number of anilines is 2. The second kappa shape index (κ2) is 6.35. The van der Waals surface area contributed by atoms with Crippen LogP contribution < -0.4 is 10.2 Å². The summed E-state index contributed by atoms with van der Waals surface area (Å²) in [4.78, 5) is 25.5. The number of nitrogens with zero attached hydrogens (tertiary/aromatic N) is 5. The Bertz CT molecular complexity index is 664. The van der Waals surface area contributed by atoms with Gasteiger partial charge in [0.05, 0.1) is 9.82 Å². The number of hydrogen-bond acceptors (Lipinski definition) is 8. The van der Waals surface area contributed by atoms with Gasteiger partial charge in [-0.15, -0.1) is 0 Å². The average Bonchev–Trinajstić information content (AvgIpc) is 2.47. The van der Waals surface area contributed by atoms with Gasteiger partial charge in [-0.3, -0.25) is 10.1 Å². The number of benzene rings is 1. The Hall–Kier alpha value is -2.42. The van der Waals surface area contributed by atoms with Crippen LogP contribution in [0.4, 0.5) is 17.6 Å². The predicted molar refractivity (Wildman–Crippen MR) is 80.9 cm³/mol. The summed E-state index contributed by atoms with van der Waals surface area (Å²) in [6.07, 6.45) is 0. The summed E-state index contributed by atoms with van der Waals surface area (Å²) >= 11 is 1.13. The maximum absolute atomic E-state index is 11.0. The van der Waals surface area contributed by atoms with Crippen LogP contribution in [-0.2, 0) is 0 Å². The van der Waals surface area contributed by atoms with E-state index in [1.165, 1.54) is 6.07 Å². The highest BCUT2D eigenvalue weighted by molar-refractivity contribution is 7.99. The van der Waals surface area contributed by atoms with E-state index in [1.807, 2.05) is 14.1 Å². The molecule has 1 N–H and O–H groups in total. The molecule has 2 aromatic rings. The molecule has 1 aromatic heterocycles. The molecule has 9 heteroatoms. The molecule has 1 aromatic carbocycles. The smallest absolute Gasteiger partial charge is 0.283 e. The third-order valence-electron chi connectivity index (χ3n) is 2.49. The minimum Gasteiger partial charge on any atom is -0.357 e. The van der Waals surface area contributed by atoms with E-state index in [9.17, 15) is 10.1 Å². The number of nitrogens with one attached hydrogen (secondary N) is 1. The van der Waals surface area contributed by atoms with Gasteiger partial charge in [-0.1, -0.05) is 12.1 Å². The third kappa shape index (κ3) is 3.57. The number of hydrogen-bond donors (Lipinski definition) is 1. The zero-order chi connectivity index (χ0) is 15.4. The molecule has 0 aliphatic heterocycles. The molecule has 1 heterocycles. The summed E-state index contributed by atoms with van der Waals surface area (Å²) in [6.45, 7) is 0. The molecule has 0 radical (unpaired) electrons. The highest BCUT2D eigenvalue weighted by Crippen LogP contribution is 2.33. The van der Waals surface area contributed by atoms with Crippen LogP contribution in [0.3, 0.4) is 0 Å². The third-order valence-corrected chi connectivity index (χ3v) is 3.42. The lowest BCUT2D eigenvalue weighted by atomic mass is 10.3. The van der Waals surface area contributed by atoms with Gasteiger partial charge in [-0.25, -0.2) is 0 Å². The van der Waals surface area contributed by atoms with E-state index in [1.54, 1.807) is 30.1 Å². The number of para-hydroxylation sites is 1. The largest absolute Gasteiger partial charge is 0.357 e. The Morgan fingerprint density at radius 2 is 1.95 bits per heavy atom. The van der Waals surface area contributed by atoms with Gasteiger partial charge < -0.3 is 10.2 Å². The summed E-state index contributed by atoms with van der Waals surface area (Å²) in [5.41, 5.74) is 0.0281. The second-order valence-corrected chi connectivity index (χ2v) is 5.22. The number of aromatic nitrogens is 3. The standard InChI is InChI=1S/C12H14N6O2S/c1-13-10-14-11(17(2)3)16-12(15-10)21-9-7-5-4-6-8(9)18(19)20/h4-7H,1-3H3,(H,13,14,15,16). The molecule has 0 unspecified atom stereocenters. The minimum atomic E-state index is -0.421. The van der Waals surface area contributed by atoms with Crippen molar-refractivity contribution in [1.29, 1.82) is 0 Å². The Labute approximate surface area is 125 Å². The lowest BCUT2D eigenvalue weighted by molar-refractivity contribution is -0.387. The van der Waals surface area contributed by atoms with Crippen LogP contribution in [0, 0.1) is 10.1 Å². The van der Waals surface area contributed by atoms with E-state index in [2.05, 4.69) is 20.3 Å². The van der Waals surface area contributed by atoms with E-state index < -0.39 is 4.92 Å². The molecule has 8 nitrogen and oxygen atoms in total. The maximum atomic E-state index is 11.0. The molecule has 0 bridgehead atoms. The molecule has 0 spiro atoms. The maximum Gasteiger partial charge on any atom is 0.283 e. The van der Waals surface area contributed by atoms with Crippen molar-refractivity contribution < 1.29 is 4.92 Å². The predicted octanol–water partition coefficient (Wildman–Crippen LogP) is 2.04. The van der Waals surface area contributed by atoms with Gasteiger partial charge in [0.25, 0.3) is 5.69 Å². The summed E-state index contributed by atoms with van der Waals surface area (Å²) in [5, 5.41) is 14.3. The Kier molecular flexibility index (Phi) is 4.53. The molecule has 0 aliphatic rings. The molecule has 0 aliphatic carbocycles. The topological polar surface area (TPSA) is 97.1 Å². The summed E-state index contributed by atoms with van der Waals surface area (Å²) in [7, 11) is 5.33. The zero-order valence-electron chi connectivity index (χ0n) is 11.8. The molecule has 0 saturated carbocycles. The van der Waals surface area contributed by atoms with Crippen molar-refractivity contribution in [2.75, 3.05) is 31.4 Å². The second-order valence-electron chi connectivity index (χ2n) is 4.21. The first kappa shape index (κ1) is 15.0. The Morgan fingerprint density at radius 3 is 2.57 bits per heavy atom. The van der Waals surface area contributed by atoms with E-state index >= 15 is 0 Å². The normalized spacial score (nSPS) is 10.2. The van der Waals surface area contributed by atoms with Crippen molar-refractivity contribution >= 4 is 29.3 Å². The first-order valence-corrected chi connectivity index (χ1v) is 6.85. The molecule has 0 fully saturated rings. The van der Waals surface area contributed by atoms with E-state index in [-0.39, 0.29) is 5.69 Å². The van der Waals surface area contributed by atoms with Gasteiger partial charge in [-0.05, 0) is 17.8 Å². The lowest BCUT2D eigenvalue weighted by Crippen LogP contribution is -2.15. The molecule has 21 heavy (non-hydrogen) atoms. The summed E-state index contributed by atoms with van der Waals surface area (Å²) in [6, 6.07) is 6.48. The Morgan fingerprint density at radius 1 is 1.24 bits per heavy atom. The van der Waals surface area contributed by atoms with Crippen molar-refractivity contribution in [3.63, 3.8) is 0 Å². The monoisotopic (exact) mass is 306 g/mol.